The third-order valence-electron chi connectivity index (χ3n) is 7.79. The average Bonchev–Trinajstić information content (AvgIpc) is 2.53. The quantitative estimate of drug-likeness (QED) is 0.300. The molecule has 1 unspecified atom stereocenters. The second-order valence-corrected chi connectivity index (χ2v) is 13.0. The highest BCUT2D eigenvalue weighted by Crippen LogP contribution is 2.71. The molecule has 0 radical (unpaired) electrons. The van der Waals surface area contributed by atoms with Crippen LogP contribution in [0, 0.1) is 16.7 Å². The SMILES string of the molecule is CC=C(C)CC[C@]1(OP(=O)(O)OP(=O)(O)O)[C@@]2(C)CCCC(C)(C)[C@@H]2CC[C@@]1(C)O. The minimum atomic E-state index is -5.29. The van der Waals surface area contributed by atoms with Crippen molar-refractivity contribution in [2.45, 2.75) is 97.7 Å². The van der Waals surface area contributed by atoms with E-state index in [-0.39, 0.29) is 17.8 Å². The normalized spacial score (nSPS) is 39.3. The summed E-state index contributed by atoms with van der Waals surface area (Å²) in [5.74, 6) is 0.0972. The van der Waals surface area contributed by atoms with Crippen molar-refractivity contribution in [1.82, 2.24) is 0 Å². The van der Waals surface area contributed by atoms with Crippen molar-refractivity contribution in [2.75, 3.05) is 0 Å². The largest absolute Gasteiger partial charge is 0.481 e. The van der Waals surface area contributed by atoms with Crippen LogP contribution in [0.3, 0.4) is 0 Å². The van der Waals surface area contributed by atoms with Crippen LogP contribution in [0.25, 0.3) is 0 Å². The molecular weight excluding hydrogens is 430 g/mol. The number of fused-ring (bicyclic) bond motifs is 1. The van der Waals surface area contributed by atoms with Crippen molar-refractivity contribution < 1.29 is 37.8 Å². The molecule has 0 aromatic rings. The summed E-state index contributed by atoms with van der Waals surface area (Å²) in [5, 5.41) is 11.6. The monoisotopic (exact) mass is 468 g/mol. The van der Waals surface area contributed by atoms with Gasteiger partial charge in [-0.15, -0.1) is 0 Å². The molecule has 0 saturated heterocycles. The fraction of sp³-hybridized carbons (Fsp3) is 0.900. The summed E-state index contributed by atoms with van der Waals surface area (Å²) in [4.78, 5) is 28.6. The number of phosphoric ester groups is 1. The Bertz CT molecular complexity index is 771. The molecule has 0 aromatic carbocycles. The molecule has 30 heavy (non-hydrogen) atoms. The Morgan fingerprint density at radius 2 is 1.70 bits per heavy atom. The van der Waals surface area contributed by atoms with Crippen LogP contribution in [-0.4, -0.2) is 31.0 Å². The Hall–Kier alpha value is -0.0400. The predicted molar refractivity (Wildman–Crippen MR) is 115 cm³/mol. The zero-order chi connectivity index (χ0) is 23.2. The molecule has 2 fully saturated rings. The molecule has 0 amide bonds. The standard InChI is InChI=1S/C20H38O8P2/c1-7-15(2)9-14-20(27-30(25,26)28-29(22,23)24)18(5)12-8-11-17(3,4)16(18)10-13-19(20,6)21/h7,16,21H,8-14H2,1-6H3,(H,25,26)(H2,22,23,24)/t16-,18-,19+,20-/m0/s1. The average molecular weight is 468 g/mol. The number of aliphatic hydroxyl groups is 1. The van der Waals surface area contributed by atoms with Gasteiger partial charge in [-0.25, -0.2) is 9.13 Å². The molecular formula is C20H38O8P2. The van der Waals surface area contributed by atoms with E-state index in [1.54, 1.807) is 6.92 Å². The predicted octanol–water partition coefficient (Wildman–Crippen LogP) is 5.08. The molecule has 2 aliphatic carbocycles. The van der Waals surface area contributed by atoms with Gasteiger partial charge in [-0.2, -0.15) is 4.31 Å². The number of rotatable bonds is 7. The maximum absolute atomic E-state index is 12.8. The van der Waals surface area contributed by atoms with Crippen LogP contribution >= 0.6 is 15.6 Å². The molecule has 0 heterocycles. The highest BCUT2D eigenvalue weighted by molar-refractivity contribution is 7.60. The number of allylic oxidation sites excluding steroid dienone is 2. The van der Waals surface area contributed by atoms with Gasteiger partial charge in [-0.3, -0.25) is 4.52 Å². The van der Waals surface area contributed by atoms with Gasteiger partial charge in [0.05, 0.1) is 5.60 Å². The smallest absolute Gasteiger partial charge is 0.387 e. The minimum absolute atomic E-state index is 0.0721. The van der Waals surface area contributed by atoms with Gasteiger partial charge >= 0.3 is 15.6 Å². The Labute approximate surface area is 179 Å². The summed E-state index contributed by atoms with van der Waals surface area (Å²) < 4.78 is 34.0. The van der Waals surface area contributed by atoms with Gasteiger partial charge in [0.2, 0.25) is 0 Å². The first-order valence-corrected chi connectivity index (χ1v) is 13.6. The third kappa shape index (κ3) is 4.97. The summed E-state index contributed by atoms with van der Waals surface area (Å²) in [6, 6.07) is 0. The summed E-state index contributed by atoms with van der Waals surface area (Å²) in [6.45, 7) is 11.7. The van der Waals surface area contributed by atoms with Crippen molar-refractivity contribution in [2.24, 2.45) is 16.7 Å². The third-order valence-corrected chi connectivity index (χ3v) is 10.0. The highest BCUT2D eigenvalue weighted by atomic mass is 31.3. The van der Waals surface area contributed by atoms with Crippen molar-refractivity contribution >= 4 is 15.6 Å². The lowest BCUT2D eigenvalue weighted by Crippen LogP contribution is -2.70. The van der Waals surface area contributed by atoms with Crippen LogP contribution in [0.1, 0.15) is 86.5 Å². The van der Waals surface area contributed by atoms with Crippen LogP contribution < -0.4 is 0 Å². The first-order valence-electron chi connectivity index (χ1n) is 10.6. The zero-order valence-corrected chi connectivity index (χ0v) is 20.7. The lowest BCUT2D eigenvalue weighted by Gasteiger charge is -2.66. The van der Waals surface area contributed by atoms with E-state index < -0.39 is 32.3 Å². The van der Waals surface area contributed by atoms with E-state index in [4.69, 9.17) is 14.3 Å². The molecule has 0 spiro atoms. The van der Waals surface area contributed by atoms with Crippen molar-refractivity contribution in [1.29, 1.82) is 0 Å². The molecule has 0 aromatic heterocycles. The fourth-order valence-corrected chi connectivity index (χ4v) is 8.32. The van der Waals surface area contributed by atoms with Gasteiger partial charge in [0.1, 0.15) is 5.60 Å². The van der Waals surface area contributed by atoms with E-state index in [9.17, 15) is 19.1 Å². The van der Waals surface area contributed by atoms with Crippen LogP contribution in [0.4, 0.5) is 0 Å². The molecule has 2 saturated carbocycles. The second kappa shape index (κ2) is 8.39. The Morgan fingerprint density at radius 3 is 2.23 bits per heavy atom. The van der Waals surface area contributed by atoms with Crippen molar-refractivity contribution in [3.8, 4) is 0 Å². The second-order valence-electron chi connectivity index (χ2n) is 10.2. The number of hydrogen-bond acceptors (Lipinski definition) is 5. The minimum Gasteiger partial charge on any atom is -0.387 e. The topological polar surface area (TPSA) is 134 Å². The van der Waals surface area contributed by atoms with Crippen LogP contribution in [-0.2, 0) is 18.0 Å². The molecule has 8 nitrogen and oxygen atoms in total. The molecule has 0 bridgehead atoms. The molecule has 176 valence electrons. The van der Waals surface area contributed by atoms with Crippen molar-refractivity contribution in [3.63, 3.8) is 0 Å². The van der Waals surface area contributed by atoms with E-state index >= 15 is 0 Å². The van der Waals surface area contributed by atoms with E-state index in [0.29, 0.717) is 19.3 Å². The highest BCUT2D eigenvalue weighted by Gasteiger charge is 2.69. The van der Waals surface area contributed by atoms with E-state index in [1.165, 1.54) is 0 Å². The Balaban J connectivity index is 2.65. The van der Waals surface area contributed by atoms with Crippen LogP contribution in [0.15, 0.2) is 11.6 Å². The Morgan fingerprint density at radius 1 is 1.10 bits per heavy atom. The lowest BCUT2D eigenvalue weighted by molar-refractivity contribution is -0.265. The van der Waals surface area contributed by atoms with Gasteiger partial charge in [0.25, 0.3) is 0 Å². The van der Waals surface area contributed by atoms with E-state index in [2.05, 4.69) is 18.2 Å². The van der Waals surface area contributed by atoms with E-state index in [1.807, 2.05) is 26.8 Å². The van der Waals surface area contributed by atoms with Gasteiger partial charge in [-0.05, 0) is 70.6 Å². The van der Waals surface area contributed by atoms with E-state index in [0.717, 1.165) is 24.8 Å². The zero-order valence-electron chi connectivity index (χ0n) is 18.9. The summed E-state index contributed by atoms with van der Waals surface area (Å²) in [7, 11) is -10.5. The first-order chi connectivity index (χ1) is 13.4. The molecule has 0 aliphatic heterocycles. The lowest BCUT2D eigenvalue weighted by atomic mass is 9.43. The van der Waals surface area contributed by atoms with Gasteiger partial charge in [0, 0.05) is 5.41 Å². The maximum atomic E-state index is 12.8. The Kier molecular flexibility index (Phi) is 7.33. The maximum Gasteiger partial charge on any atom is 0.481 e. The molecule has 10 heteroatoms. The molecule has 2 aliphatic rings. The number of hydrogen-bond donors (Lipinski definition) is 4. The summed E-state index contributed by atoms with van der Waals surface area (Å²) in [5.41, 5.74) is -2.75. The molecule has 4 N–H and O–H groups in total. The molecule has 5 atom stereocenters. The van der Waals surface area contributed by atoms with Crippen molar-refractivity contribution in [3.05, 3.63) is 11.6 Å². The van der Waals surface area contributed by atoms with Crippen LogP contribution in [0.2, 0.25) is 0 Å². The first kappa shape index (κ1) is 26.2. The van der Waals surface area contributed by atoms with Crippen LogP contribution in [0.5, 0.6) is 0 Å². The van der Waals surface area contributed by atoms with Gasteiger partial charge in [-0.1, -0.05) is 38.8 Å². The van der Waals surface area contributed by atoms with Gasteiger partial charge in [0.15, 0.2) is 0 Å². The number of phosphoric acid groups is 2. The molecule has 2 rings (SSSR count). The summed E-state index contributed by atoms with van der Waals surface area (Å²) >= 11 is 0. The summed E-state index contributed by atoms with van der Waals surface area (Å²) in [6.07, 6.45) is 6.27. The fourth-order valence-electron chi connectivity index (χ4n) is 6.23. The van der Waals surface area contributed by atoms with Gasteiger partial charge < -0.3 is 19.8 Å².